The molecule has 2 nitrogen and oxygen atoms in total. The van der Waals surface area contributed by atoms with Gasteiger partial charge in [-0.2, -0.15) is 0 Å². The third-order valence-electron chi connectivity index (χ3n) is 9.34. The Morgan fingerprint density at radius 3 is 1.15 bits per heavy atom. The molecule has 0 N–H and O–H groups in total. The number of rotatable bonds is 6. The van der Waals surface area contributed by atoms with Crippen molar-refractivity contribution in [3.63, 3.8) is 0 Å². The molecule has 0 bridgehead atoms. The number of hydrogen-bond acceptors (Lipinski definition) is 2. The highest BCUT2D eigenvalue weighted by Crippen LogP contribution is 2.48. The van der Waals surface area contributed by atoms with Crippen molar-refractivity contribution in [1.82, 2.24) is 0 Å². The standard InChI is InChI=1S/C44H36N2/c1-29-15-17-31(3)41(27-29)45(35-11-7-5-8-12-35)39-25-21-33-20-24-38-40(26-22-34-19-23-37(39)43(33)44(34)38)46(36-13-9-6-10-14-36)42-28-30(2)16-18-32(42)4/h5-28H,1-4H3. The van der Waals surface area contributed by atoms with Crippen LogP contribution in [-0.2, 0) is 0 Å². The molecule has 0 amide bonds. The smallest absolute Gasteiger partial charge is 0.0540 e. The van der Waals surface area contributed by atoms with Crippen LogP contribution in [0.25, 0.3) is 32.3 Å². The second kappa shape index (κ2) is 11.1. The Bertz CT molecular complexity index is 2190. The predicted octanol–water partition coefficient (Wildman–Crippen LogP) is 12.8. The molecule has 46 heavy (non-hydrogen) atoms. The summed E-state index contributed by atoms with van der Waals surface area (Å²) in [4.78, 5) is 4.86. The third-order valence-corrected chi connectivity index (χ3v) is 9.34. The molecule has 0 saturated heterocycles. The molecule has 0 aromatic heterocycles. The third kappa shape index (κ3) is 4.57. The lowest BCUT2D eigenvalue weighted by atomic mass is 9.91. The van der Waals surface area contributed by atoms with Crippen molar-refractivity contribution in [2.24, 2.45) is 0 Å². The molecule has 8 aromatic rings. The first-order valence-corrected chi connectivity index (χ1v) is 16.0. The summed E-state index contributed by atoms with van der Waals surface area (Å²) in [5, 5.41) is 7.59. The topological polar surface area (TPSA) is 6.48 Å². The Kier molecular flexibility index (Phi) is 6.73. The van der Waals surface area contributed by atoms with E-state index in [0.29, 0.717) is 0 Å². The van der Waals surface area contributed by atoms with Gasteiger partial charge in [-0.15, -0.1) is 0 Å². The van der Waals surface area contributed by atoms with Crippen molar-refractivity contribution in [2.75, 3.05) is 9.80 Å². The molecule has 0 aliphatic heterocycles. The minimum absolute atomic E-state index is 1.15. The predicted molar refractivity (Wildman–Crippen MR) is 198 cm³/mol. The van der Waals surface area contributed by atoms with Gasteiger partial charge in [0.05, 0.1) is 11.4 Å². The Morgan fingerprint density at radius 1 is 0.348 bits per heavy atom. The summed E-state index contributed by atoms with van der Waals surface area (Å²) >= 11 is 0. The molecule has 0 saturated carbocycles. The molecule has 0 fully saturated rings. The second-order valence-electron chi connectivity index (χ2n) is 12.5. The van der Waals surface area contributed by atoms with Crippen LogP contribution in [0.15, 0.2) is 146 Å². The summed E-state index contributed by atoms with van der Waals surface area (Å²) in [6.07, 6.45) is 0. The van der Waals surface area contributed by atoms with Gasteiger partial charge in [0.15, 0.2) is 0 Å². The Labute approximate surface area is 271 Å². The van der Waals surface area contributed by atoms with Crippen molar-refractivity contribution in [3.8, 4) is 0 Å². The van der Waals surface area contributed by atoms with Gasteiger partial charge in [0, 0.05) is 33.5 Å². The van der Waals surface area contributed by atoms with Crippen LogP contribution < -0.4 is 9.80 Å². The number of hydrogen-bond donors (Lipinski definition) is 0. The Hall–Kier alpha value is -5.60. The van der Waals surface area contributed by atoms with E-state index in [4.69, 9.17) is 0 Å². The summed E-state index contributed by atoms with van der Waals surface area (Å²) in [5.41, 5.74) is 12.0. The van der Waals surface area contributed by atoms with E-state index < -0.39 is 0 Å². The molecule has 0 heterocycles. The van der Waals surface area contributed by atoms with Gasteiger partial charge in [-0.1, -0.05) is 97.1 Å². The summed E-state index contributed by atoms with van der Waals surface area (Å²) in [5.74, 6) is 0. The highest BCUT2D eigenvalue weighted by molar-refractivity contribution is 6.28. The lowest BCUT2D eigenvalue weighted by molar-refractivity contribution is 1.25. The van der Waals surface area contributed by atoms with Gasteiger partial charge in [-0.05, 0) is 120 Å². The van der Waals surface area contributed by atoms with Crippen LogP contribution >= 0.6 is 0 Å². The van der Waals surface area contributed by atoms with Crippen LogP contribution in [0, 0.1) is 27.7 Å². The van der Waals surface area contributed by atoms with Crippen LogP contribution in [0.1, 0.15) is 22.3 Å². The zero-order valence-electron chi connectivity index (χ0n) is 26.8. The van der Waals surface area contributed by atoms with Gasteiger partial charge in [0.2, 0.25) is 0 Å². The second-order valence-corrected chi connectivity index (χ2v) is 12.5. The molecule has 0 aliphatic rings. The first kappa shape index (κ1) is 27.9. The van der Waals surface area contributed by atoms with E-state index in [0.717, 1.165) is 11.4 Å². The minimum Gasteiger partial charge on any atom is -0.310 e. The van der Waals surface area contributed by atoms with Gasteiger partial charge in [0.25, 0.3) is 0 Å². The van der Waals surface area contributed by atoms with E-state index >= 15 is 0 Å². The van der Waals surface area contributed by atoms with E-state index in [1.165, 1.54) is 77.3 Å². The van der Waals surface area contributed by atoms with Crippen molar-refractivity contribution >= 4 is 66.4 Å². The number of anilines is 6. The molecular weight excluding hydrogens is 556 g/mol. The Morgan fingerprint density at radius 2 is 0.739 bits per heavy atom. The molecule has 8 aromatic carbocycles. The monoisotopic (exact) mass is 592 g/mol. The van der Waals surface area contributed by atoms with Crippen LogP contribution in [-0.4, -0.2) is 0 Å². The zero-order chi connectivity index (χ0) is 31.4. The zero-order valence-corrected chi connectivity index (χ0v) is 26.8. The quantitative estimate of drug-likeness (QED) is 0.177. The van der Waals surface area contributed by atoms with Crippen molar-refractivity contribution in [3.05, 3.63) is 168 Å². The van der Waals surface area contributed by atoms with Crippen LogP contribution in [0.5, 0.6) is 0 Å². The first-order chi connectivity index (χ1) is 22.5. The van der Waals surface area contributed by atoms with E-state index in [1.54, 1.807) is 0 Å². The number of aryl methyl sites for hydroxylation is 4. The number of nitrogens with zero attached hydrogens (tertiary/aromatic N) is 2. The van der Waals surface area contributed by atoms with Gasteiger partial charge in [-0.25, -0.2) is 0 Å². The maximum Gasteiger partial charge on any atom is 0.0540 e. The summed E-state index contributed by atoms with van der Waals surface area (Å²) < 4.78 is 0. The molecule has 0 aliphatic carbocycles. The maximum absolute atomic E-state index is 2.43. The fourth-order valence-electron chi connectivity index (χ4n) is 7.05. The molecule has 0 atom stereocenters. The van der Waals surface area contributed by atoms with Crippen molar-refractivity contribution < 1.29 is 0 Å². The minimum atomic E-state index is 1.15. The average molecular weight is 593 g/mol. The molecule has 0 spiro atoms. The fourth-order valence-corrected chi connectivity index (χ4v) is 7.05. The molecule has 8 rings (SSSR count). The molecular formula is C44H36N2. The summed E-state index contributed by atoms with van der Waals surface area (Å²) in [6, 6.07) is 53.4. The molecule has 2 heteroatoms. The fraction of sp³-hybridized carbons (Fsp3) is 0.0909. The summed E-state index contributed by atoms with van der Waals surface area (Å²) in [6.45, 7) is 8.76. The summed E-state index contributed by atoms with van der Waals surface area (Å²) in [7, 11) is 0. The van der Waals surface area contributed by atoms with E-state index in [9.17, 15) is 0 Å². The Balaban J connectivity index is 1.43. The van der Waals surface area contributed by atoms with Gasteiger partial charge >= 0.3 is 0 Å². The normalized spacial score (nSPS) is 11.5. The van der Waals surface area contributed by atoms with Crippen molar-refractivity contribution in [2.45, 2.75) is 27.7 Å². The molecule has 0 unspecified atom stereocenters. The highest BCUT2D eigenvalue weighted by Gasteiger charge is 2.22. The SMILES string of the molecule is Cc1ccc(C)c(N(c2ccccc2)c2ccc3ccc4c(N(c5ccccc5)c5cc(C)ccc5C)ccc5ccc2c3c54)c1. The first-order valence-electron chi connectivity index (χ1n) is 16.0. The van der Waals surface area contributed by atoms with Crippen LogP contribution in [0.3, 0.4) is 0 Å². The lowest BCUT2D eigenvalue weighted by Crippen LogP contribution is -2.13. The number of para-hydroxylation sites is 2. The molecule has 0 radical (unpaired) electrons. The van der Waals surface area contributed by atoms with Gasteiger partial charge in [0.1, 0.15) is 0 Å². The van der Waals surface area contributed by atoms with Crippen LogP contribution in [0.2, 0.25) is 0 Å². The van der Waals surface area contributed by atoms with Gasteiger partial charge in [-0.3, -0.25) is 0 Å². The molecule has 222 valence electrons. The van der Waals surface area contributed by atoms with E-state index in [2.05, 4.69) is 183 Å². The average Bonchev–Trinajstić information content (AvgIpc) is 3.09. The lowest BCUT2D eigenvalue weighted by Gasteiger charge is -2.30. The largest absolute Gasteiger partial charge is 0.310 e. The maximum atomic E-state index is 2.43. The highest BCUT2D eigenvalue weighted by atomic mass is 15.2. The van der Waals surface area contributed by atoms with Gasteiger partial charge < -0.3 is 9.80 Å². The van der Waals surface area contributed by atoms with Crippen molar-refractivity contribution in [1.29, 1.82) is 0 Å². The van der Waals surface area contributed by atoms with Crippen LogP contribution in [0.4, 0.5) is 34.1 Å². The number of benzene rings is 8. The van der Waals surface area contributed by atoms with E-state index in [-0.39, 0.29) is 0 Å². The van der Waals surface area contributed by atoms with E-state index in [1.807, 2.05) is 0 Å².